The van der Waals surface area contributed by atoms with Crippen LogP contribution < -0.4 is 10.6 Å². The molecule has 4 aliphatic carbocycles. The van der Waals surface area contributed by atoms with Crippen molar-refractivity contribution in [2.24, 2.45) is 11.8 Å². The first-order valence-corrected chi connectivity index (χ1v) is 9.97. The molecule has 2 atom stereocenters. The van der Waals surface area contributed by atoms with E-state index in [1.54, 1.807) is 12.3 Å². The Morgan fingerprint density at radius 3 is 2.07 bits per heavy atom. The Bertz CT molecular complexity index is 935. The summed E-state index contributed by atoms with van der Waals surface area (Å²) in [5, 5.41) is 6.44. The number of pyridine rings is 1. The second-order valence-electron chi connectivity index (χ2n) is 8.89. The molecule has 6 rings (SSSR count). The van der Waals surface area contributed by atoms with Crippen molar-refractivity contribution in [3.63, 3.8) is 0 Å². The molecule has 2 aromatic heterocycles. The van der Waals surface area contributed by atoms with E-state index in [4.69, 9.17) is 0 Å². The van der Waals surface area contributed by atoms with Gasteiger partial charge in [-0.2, -0.15) is 0 Å². The number of nitrogens with zero attached hydrogens (tertiary/aromatic N) is 3. The summed E-state index contributed by atoms with van der Waals surface area (Å²) in [5.74, 6) is -0.0325. The largest absolute Gasteiger partial charge is 0.345 e. The minimum atomic E-state index is -0.470. The smallest absolute Gasteiger partial charge is 0.270 e. The molecule has 29 heavy (non-hydrogen) atoms. The highest BCUT2D eigenvalue weighted by molar-refractivity contribution is 5.93. The van der Waals surface area contributed by atoms with E-state index in [1.165, 1.54) is 18.5 Å². The van der Waals surface area contributed by atoms with Gasteiger partial charge in [0.05, 0.1) is 6.20 Å². The summed E-state index contributed by atoms with van der Waals surface area (Å²) >= 11 is 0. The predicted octanol–water partition coefficient (Wildman–Crippen LogP) is 2.26. The minimum Gasteiger partial charge on any atom is -0.345 e. The molecular weight excluding hydrogens is 373 g/mol. The highest BCUT2D eigenvalue weighted by Gasteiger charge is 2.58. The second kappa shape index (κ2) is 6.57. The number of hydrogen-bond donors (Lipinski definition) is 2. The lowest BCUT2D eigenvalue weighted by Gasteiger charge is -2.62. The summed E-state index contributed by atoms with van der Waals surface area (Å²) < 4.78 is 13.1. The molecule has 2 heterocycles. The average molecular weight is 395 g/mol. The molecule has 4 fully saturated rings. The van der Waals surface area contributed by atoms with Crippen LogP contribution in [0.3, 0.4) is 0 Å². The first-order valence-electron chi connectivity index (χ1n) is 9.97. The Hall–Kier alpha value is -2.90. The van der Waals surface area contributed by atoms with Crippen molar-refractivity contribution in [3.05, 3.63) is 54.1 Å². The van der Waals surface area contributed by atoms with Gasteiger partial charge in [-0.3, -0.25) is 9.59 Å². The molecule has 2 aromatic rings. The average Bonchev–Trinajstić information content (AvgIpc) is 2.67. The summed E-state index contributed by atoms with van der Waals surface area (Å²) in [6.07, 6.45) is 9.46. The molecule has 0 spiro atoms. The van der Waals surface area contributed by atoms with E-state index in [-0.39, 0.29) is 28.6 Å². The Balaban J connectivity index is 1.37. The predicted molar refractivity (Wildman–Crippen MR) is 101 cm³/mol. The topological polar surface area (TPSA) is 96.9 Å². The SMILES string of the molecule is O=C(NC12CC3CC(C1)CC(NC(=O)c1ccc(F)cn1)(C3)C2)c1ccncn1. The molecule has 150 valence electrons. The summed E-state index contributed by atoms with van der Waals surface area (Å²) in [7, 11) is 0. The van der Waals surface area contributed by atoms with Gasteiger partial charge < -0.3 is 10.6 Å². The fourth-order valence-corrected chi connectivity index (χ4v) is 6.10. The quantitative estimate of drug-likeness (QED) is 0.828. The number of amides is 2. The van der Waals surface area contributed by atoms with E-state index in [0.717, 1.165) is 38.3 Å². The number of aromatic nitrogens is 3. The molecule has 4 saturated carbocycles. The zero-order valence-corrected chi connectivity index (χ0v) is 15.9. The molecule has 8 heteroatoms. The van der Waals surface area contributed by atoms with Gasteiger partial charge in [0.15, 0.2) is 0 Å². The molecule has 7 nitrogen and oxygen atoms in total. The minimum absolute atomic E-state index is 0.198. The maximum Gasteiger partial charge on any atom is 0.270 e. The summed E-state index contributed by atoms with van der Waals surface area (Å²) in [6.45, 7) is 0. The Morgan fingerprint density at radius 1 is 0.931 bits per heavy atom. The summed E-state index contributed by atoms with van der Waals surface area (Å²) in [4.78, 5) is 37.4. The molecule has 4 aliphatic rings. The van der Waals surface area contributed by atoms with Crippen molar-refractivity contribution in [1.82, 2.24) is 25.6 Å². The molecule has 2 amide bonds. The van der Waals surface area contributed by atoms with Crippen molar-refractivity contribution >= 4 is 11.8 Å². The van der Waals surface area contributed by atoms with Crippen LogP contribution in [0.1, 0.15) is 59.5 Å². The van der Waals surface area contributed by atoms with E-state index >= 15 is 0 Å². The monoisotopic (exact) mass is 395 g/mol. The summed E-state index contributed by atoms with van der Waals surface area (Å²) in [5.41, 5.74) is -0.142. The third-order valence-electron chi connectivity index (χ3n) is 6.59. The third kappa shape index (κ3) is 3.36. The van der Waals surface area contributed by atoms with Gasteiger partial charge in [-0.1, -0.05) is 0 Å². The highest BCUT2D eigenvalue weighted by atomic mass is 19.1. The second-order valence-corrected chi connectivity index (χ2v) is 8.89. The van der Waals surface area contributed by atoms with Crippen LogP contribution in [0.15, 0.2) is 36.9 Å². The Morgan fingerprint density at radius 2 is 1.55 bits per heavy atom. The number of nitrogens with one attached hydrogen (secondary N) is 2. The number of halogens is 1. The lowest BCUT2D eigenvalue weighted by atomic mass is 9.49. The lowest BCUT2D eigenvalue weighted by molar-refractivity contribution is -0.0449. The molecule has 2 unspecified atom stereocenters. The van der Waals surface area contributed by atoms with Gasteiger partial charge in [0, 0.05) is 17.3 Å². The van der Waals surface area contributed by atoms with Gasteiger partial charge in [-0.25, -0.2) is 19.3 Å². The van der Waals surface area contributed by atoms with Crippen LogP contribution in [-0.4, -0.2) is 37.8 Å². The zero-order valence-electron chi connectivity index (χ0n) is 15.9. The first kappa shape index (κ1) is 18.1. The van der Waals surface area contributed by atoms with E-state index in [2.05, 4.69) is 25.6 Å². The molecule has 0 aliphatic heterocycles. The number of rotatable bonds is 4. The fraction of sp³-hybridized carbons (Fsp3) is 0.476. The van der Waals surface area contributed by atoms with Crippen LogP contribution >= 0.6 is 0 Å². The summed E-state index contributed by atoms with van der Waals surface area (Å²) in [6, 6.07) is 4.25. The van der Waals surface area contributed by atoms with Gasteiger partial charge >= 0.3 is 0 Å². The molecular formula is C21H22FN5O2. The van der Waals surface area contributed by atoms with Crippen molar-refractivity contribution in [1.29, 1.82) is 0 Å². The van der Waals surface area contributed by atoms with E-state index < -0.39 is 5.82 Å². The van der Waals surface area contributed by atoms with Gasteiger partial charge in [0.2, 0.25) is 0 Å². The van der Waals surface area contributed by atoms with Crippen LogP contribution in [0.5, 0.6) is 0 Å². The van der Waals surface area contributed by atoms with Crippen molar-refractivity contribution in [2.45, 2.75) is 49.6 Å². The van der Waals surface area contributed by atoms with Crippen molar-refractivity contribution < 1.29 is 14.0 Å². The van der Waals surface area contributed by atoms with E-state index in [1.807, 2.05) is 0 Å². The Kier molecular flexibility index (Phi) is 4.11. The fourth-order valence-electron chi connectivity index (χ4n) is 6.10. The zero-order chi connectivity index (χ0) is 20.1. The highest BCUT2D eigenvalue weighted by Crippen LogP contribution is 2.57. The van der Waals surface area contributed by atoms with Gasteiger partial charge in [0.1, 0.15) is 23.5 Å². The van der Waals surface area contributed by atoms with Gasteiger partial charge in [-0.05, 0) is 68.6 Å². The lowest BCUT2D eigenvalue weighted by Crippen LogP contribution is -2.69. The van der Waals surface area contributed by atoms with Crippen LogP contribution in [0.25, 0.3) is 0 Å². The molecule has 0 radical (unpaired) electrons. The maximum atomic E-state index is 13.1. The van der Waals surface area contributed by atoms with Crippen LogP contribution in [0.4, 0.5) is 4.39 Å². The maximum absolute atomic E-state index is 13.1. The van der Waals surface area contributed by atoms with Crippen LogP contribution in [0, 0.1) is 17.7 Å². The van der Waals surface area contributed by atoms with Gasteiger partial charge in [0.25, 0.3) is 11.8 Å². The standard InChI is InChI=1S/C21H22FN5O2/c22-15-1-2-16(24-10-15)18(28)26-20-6-13-5-14(7-20)9-21(8-13,11-20)27-19(29)17-3-4-23-12-25-17/h1-4,10,12-14H,5-9,11H2,(H,26,28)(H,27,29). The first-order chi connectivity index (χ1) is 13.9. The van der Waals surface area contributed by atoms with Crippen LogP contribution in [-0.2, 0) is 0 Å². The van der Waals surface area contributed by atoms with Crippen molar-refractivity contribution in [2.75, 3.05) is 0 Å². The molecule has 4 bridgehead atoms. The number of hydrogen-bond acceptors (Lipinski definition) is 5. The number of carbonyl (C=O) groups excluding carboxylic acids is 2. The van der Waals surface area contributed by atoms with Gasteiger partial charge in [-0.15, -0.1) is 0 Å². The third-order valence-corrected chi connectivity index (χ3v) is 6.59. The number of carbonyl (C=O) groups is 2. The molecule has 0 aromatic carbocycles. The van der Waals surface area contributed by atoms with Crippen LogP contribution in [0.2, 0.25) is 0 Å². The van der Waals surface area contributed by atoms with Crippen molar-refractivity contribution in [3.8, 4) is 0 Å². The van der Waals surface area contributed by atoms with E-state index in [9.17, 15) is 14.0 Å². The Labute approximate surface area is 167 Å². The van der Waals surface area contributed by atoms with E-state index in [0.29, 0.717) is 24.0 Å². The normalized spacial score (nSPS) is 32.0. The molecule has 2 N–H and O–H groups in total. The molecule has 0 saturated heterocycles.